The van der Waals surface area contributed by atoms with Gasteiger partial charge in [-0.25, -0.2) is 9.37 Å². The van der Waals surface area contributed by atoms with Gasteiger partial charge in [0.15, 0.2) is 5.65 Å². The van der Waals surface area contributed by atoms with Gasteiger partial charge < -0.3 is 9.72 Å². The molecule has 2 heterocycles. The minimum atomic E-state index is -0.297. The SMILES string of the molecule is CCOc1ccc2[nH]c(-c3ccc(C)cc3F)nc2n1. The second kappa shape index (κ2) is 4.92. The highest BCUT2D eigenvalue weighted by molar-refractivity contribution is 5.76. The lowest BCUT2D eigenvalue weighted by Gasteiger charge is -1.99. The number of hydrogen-bond acceptors (Lipinski definition) is 3. The van der Waals surface area contributed by atoms with Crippen LogP contribution >= 0.6 is 0 Å². The molecule has 0 aliphatic heterocycles. The van der Waals surface area contributed by atoms with Crippen LogP contribution in [-0.2, 0) is 0 Å². The van der Waals surface area contributed by atoms with Gasteiger partial charge in [-0.15, -0.1) is 0 Å². The van der Waals surface area contributed by atoms with Gasteiger partial charge in [0.1, 0.15) is 11.6 Å². The van der Waals surface area contributed by atoms with Gasteiger partial charge in [0.25, 0.3) is 0 Å². The first kappa shape index (κ1) is 12.6. The first-order chi connectivity index (χ1) is 9.67. The van der Waals surface area contributed by atoms with Crippen LogP contribution in [0.25, 0.3) is 22.6 Å². The average Bonchev–Trinajstić information content (AvgIpc) is 2.81. The molecule has 0 aliphatic carbocycles. The van der Waals surface area contributed by atoms with Crippen molar-refractivity contribution in [3.8, 4) is 17.3 Å². The molecule has 0 saturated carbocycles. The molecule has 1 N–H and O–H groups in total. The number of fused-ring (bicyclic) bond motifs is 1. The number of nitrogens with zero attached hydrogens (tertiary/aromatic N) is 2. The summed E-state index contributed by atoms with van der Waals surface area (Å²) in [5.74, 6) is 0.690. The molecule has 20 heavy (non-hydrogen) atoms. The van der Waals surface area contributed by atoms with Crippen molar-refractivity contribution in [2.45, 2.75) is 13.8 Å². The van der Waals surface area contributed by atoms with Gasteiger partial charge in [0.2, 0.25) is 5.88 Å². The first-order valence-electron chi connectivity index (χ1n) is 6.43. The Balaban J connectivity index is 2.08. The average molecular weight is 271 g/mol. The van der Waals surface area contributed by atoms with Crippen LogP contribution in [0.15, 0.2) is 30.3 Å². The quantitative estimate of drug-likeness (QED) is 0.793. The number of H-pyrrole nitrogens is 1. The third-order valence-corrected chi connectivity index (χ3v) is 2.99. The summed E-state index contributed by atoms with van der Waals surface area (Å²) in [6.45, 7) is 4.29. The number of hydrogen-bond donors (Lipinski definition) is 1. The lowest BCUT2D eigenvalue weighted by atomic mass is 10.1. The second-order valence-electron chi connectivity index (χ2n) is 4.52. The Kier molecular flexibility index (Phi) is 3.10. The molecule has 2 aromatic heterocycles. The molecule has 4 nitrogen and oxygen atoms in total. The zero-order chi connectivity index (χ0) is 14.1. The van der Waals surface area contributed by atoms with E-state index < -0.39 is 0 Å². The van der Waals surface area contributed by atoms with E-state index >= 15 is 0 Å². The molecule has 0 radical (unpaired) electrons. The molecule has 5 heteroatoms. The highest BCUT2D eigenvalue weighted by atomic mass is 19.1. The Labute approximate surface area is 115 Å². The van der Waals surface area contributed by atoms with E-state index in [0.717, 1.165) is 11.1 Å². The Bertz CT molecular complexity index is 767. The summed E-state index contributed by atoms with van der Waals surface area (Å²) < 4.78 is 19.3. The van der Waals surface area contributed by atoms with Crippen molar-refractivity contribution < 1.29 is 9.13 Å². The number of rotatable bonds is 3. The number of halogens is 1. The number of ether oxygens (including phenoxy) is 1. The van der Waals surface area contributed by atoms with Crippen LogP contribution in [0, 0.1) is 12.7 Å². The van der Waals surface area contributed by atoms with Gasteiger partial charge in [-0.2, -0.15) is 4.98 Å². The Morgan fingerprint density at radius 1 is 1.20 bits per heavy atom. The minimum absolute atomic E-state index is 0.297. The Hall–Kier alpha value is -2.43. The van der Waals surface area contributed by atoms with Gasteiger partial charge in [-0.3, -0.25) is 0 Å². The molecule has 0 aliphatic rings. The van der Waals surface area contributed by atoms with E-state index in [-0.39, 0.29) is 5.82 Å². The lowest BCUT2D eigenvalue weighted by Crippen LogP contribution is -1.93. The van der Waals surface area contributed by atoms with Gasteiger partial charge in [-0.05, 0) is 37.6 Å². The summed E-state index contributed by atoms with van der Waals surface area (Å²) in [4.78, 5) is 11.7. The lowest BCUT2D eigenvalue weighted by molar-refractivity contribution is 0.328. The van der Waals surface area contributed by atoms with Gasteiger partial charge in [0, 0.05) is 6.07 Å². The number of pyridine rings is 1. The molecule has 0 fully saturated rings. The van der Waals surface area contributed by atoms with Gasteiger partial charge >= 0.3 is 0 Å². The van der Waals surface area contributed by atoms with Crippen molar-refractivity contribution in [2.75, 3.05) is 6.61 Å². The summed E-state index contributed by atoms with van der Waals surface area (Å²) in [6.07, 6.45) is 0. The van der Waals surface area contributed by atoms with E-state index in [9.17, 15) is 4.39 Å². The zero-order valence-electron chi connectivity index (χ0n) is 11.3. The molecule has 0 amide bonds. The molecule has 0 saturated heterocycles. The second-order valence-corrected chi connectivity index (χ2v) is 4.52. The van der Waals surface area contributed by atoms with Gasteiger partial charge in [-0.1, -0.05) is 6.07 Å². The summed E-state index contributed by atoms with van der Waals surface area (Å²) >= 11 is 0. The van der Waals surface area contributed by atoms with Crippen molar-refractivity contribution in [1.82, 2.24) is 15.0 Å². The number of imidazole rings is 1. The van der Waals surface area contributed by atoms with Crippen molar-refractivity contribution in [3.05, 3.63) is 41.7 Å². The van der Waals surface area contributed by atoms with Crippen LogP contribution in [0.4, 0.5) is 4.39 Å². The first-order valence-corrected chi connectivity index (χ1v) is 6.43. The molecular weight excluding hydrogens is 257 g/mol. The normalized spacial score (nSPS) is 10.9. The molecule has 0 unspecified atom stereocenters. The van der Waals surface area contributed by atoms with Crippen LogP contribution in [0.5, 0.6) is 5.88 Å². The molecule has 3 aromatic rings. The smallest absolute Gasteiger partial charge is 0.215 e. The molecule has 0 spiro atoms. The number of aryl methyl sites for hydroxylation is 1. The van der Waals surface area contributed by atoms with Crippen molar-refractivity contribution in [1.29, 1.82) is 0 Å². The molecule has 0 atom stereocenters. The van der Waals surface area contributed by atoms with E-state index in [0.29, 0.717) is 29.5 Å². The molecule has 0 bridgehead atoms. The highest BCUT2D eigenvalue weighted by Gasteiger charge is 2.11. The van der Waals surface area contributed by atoms with Crippen LogP contribution in [0.3, 0.4) is 0 Å². The minimum Gasteiger partial charge on any atom is -0.478 e. The Morgan fingerprint density at radius 2 is 2.05 bits per heavy atom. The predicted molar refractivity (Wildman–Crippen MR) is 75.2 cm³/mol. The largest absolute Gasteiger partial charge is 0.478 e. The van der Waals surface area contributed by atoms with Gasteiger partial charge in [0.05, 0.1) is 17.7 Å². The highest BCUT2D eigenvalue weighted by Crippen LogP contribution is 2.24. The van der Waals surface area contributed by atoms with E-state index in [4.69, 9.17) is 4.74 Å². The maximum Gasteiger partial charge on any atom is 0.215 e. The monoisotopic (exact) mass is 271 g/mol. The topological polar surface area (TPSA) is 50.8 Å². The summed E-state index contributed by atoms with van der Waals surface area (Å²) in [7, 11) is 0. The van der Waals surface area contributed by atoms with E-state index in [2.05, 4.69) is 15.0 Å². The van der Waals surface area contributed by atoms with Crippen LogP contribution < -0.4 is 4.74 Å². The molecule has 3 rings (SSSR count). The number of benzene rings is 1. The Morgan fingerprint density at radius 3 is 2.80 bits per heavy atom. The van der Waals surface area contributed by atoms with Crippen molar-refractivity contribution in [2.24, 2.45) is 0 Å². The van der Waals surface area contributed by atoms with Crippen molar-refractivity contribution in [3.63, 3.8) is 0 Å². The van der Waals surface area contributed by atoms with Crippen molar-refractivity contribution >= 4 is 11.2 Å². The summed E-state index contributed by atoms with van der Waals surface area (Å²) in [6, 6.07) is 8.65. The van der Waals surface area contributed by atoms with Crippen LogP contribution in [0.1, 0.15) is 12.5 Å². The molecular formula is C15H14FN3O. The van der Waals surface area contributed by atoms with E-state index in [1.807, 2.05) is 26.0 Å². The number of aromatic nitrogens is 3. The number of nitrogens with one attached hydrogen (secondary N) is 1. The third-order valence-electron chi connectivity index (χ3n) is 2.99. The maximum atomic E-state index is 14.0. The fraction of sp³-hybridized carbons (Fsp3) is 0.200. The number of aromatic amines is 1. The maximum absolute atomic E-state index is 14.0. The summed E-state index contributed by atoms with van der Waals surface area (Å²) in [5, 5.41) is 0. The van der Waals surface area contributed by atoms with E-state index in [1.54, 1.807) is 12.1 Å². The van der Waals surface area contributed by atoms with Crippen LogP contribution in [-0.4, -0.2) is 21.6 Å². The van der Waals surface area contributed by atoms with E-state index in [1.165, 1.54) is 6.07 Å². The fourth-order valence-corrected chi connectivity index (χ4v) is 2.04. The third kappa shape index (κ3) is 2.22. The summed E-state index contributed by atoms with van der Waals surface area (Å²) in [5.41, 5.74) is 2.58. The fourth-order valence-electron chi connectivity index (χ4n) is 2.04. The molecule has 102 valence electrons. The standard InChI is InChI=1S/C15H14FN3O/c1-3-20-13-7-6-12-15(18-13)19-14(17-12)10-5-4-9(2)8-11(10)16/h4-8H,3H2,1-2H3,(H,17,18,19). The zero-order valence-corrected chi connectivity index (χ0v) is 11.3. The molecule has 1 aromatic carbocycles. The predicted octanol–water partition coefficient (Wildman–Crippen LogP) is 3.47. The van der Waals surface area contributed by atoms with Crippen LogP contribution in [0.2, 0.25) is 0 Å².